The van der Waals surface area contributed by atoms with E-state index in [1.54, 1.807) is 18.5 Å². The average Bonchev–Trinajstić information content (AvgIpc) is 2.82. The Bertz CT molecular complexity index is 747. The second-order valence-electron chi connectivity index (χ2n) is 4.83. The van der Waals surface area contributed by atoms with Crippen LogP contribution in [0.3, 0.4) is 0 Å². The summed E-state index contributed by atoms with van der Waals surface area (Å²) in [5, 5.41) is 3.95. The highest BCUT2D eigenvalue weighted by Gasteiger charge is 2.09. The number of hydrogen-bond donors (Lipinski definition) is 2. The molecule has 4 heteroatoms. The van der Waals surface area contributed by atoms with Crippen molar-refractivity contribution in [3.63, 3.8) is 0 Å². The molecule has 20 heavy (non-hydrogen) atoms. The predicted molar refractivity (Wildman–Crippen MR) is 79.6 cm³/mol. The second kappa shape index (κ2) is 5.17. The molecule has 0 bridgehead atoms. The maximum Gasteiger partial charge on any atom is 0.228 e. The third-order valence-electron chi connectivity index (χ3n) is 3.22. The standard InChI is InChI=1S/C16H15N3O/c1-11-4-5-15-14(7-11)12(9-18-15)8-16(20)19-13-3-2-6-17-10-13/h2-7,9-10,18H,8H2,1H3,(H,19,20). The van der Waals surface area contributed by atoms with Gasteiger partial charge < -0.3 is 10.3 Å². The molecule has 3 aromatic rings. The number of aryl methyl sites for hydroxylation is 1. The lowest BCUT2D eigenvalue weighted by Gasteiger charge is -2.04. The van der Waals surface area contributed by atoms with Crippen molar-refractivity contribution < 1.29 is 4.79 Å². The maximum absolute atomic E-state index is 12.1. The van der Waals surface area contributed by atoms with Gasteiger partial charge in [0.25, 0.3) is 0 Å². The lowest BCUT2D eigenvalue weighted by molar-refractivity contribution is -0.115. The van der Waals surface area contributed by atoms with Crippen molar-refractivity contribution in [1.29, 1.82) is 0 Å². The number of pyridine rings is 1. The Morgan fingerprint density at radius 1 is 1.35 bits per heavy atom. The number of aromatic amines is 1. The van der Waals surface area contributed by atoms with Crippen LogP contribution < -0.4 is 5.32 Å². The van der Waals surface area contributed by atoms with Crippen LogP contribution in [0.4, 0.5) is 5.69 Å². The summed E-state index contributed by atoms with van der Waals surface area (Å²) < 4.78 is 0. The van der Waals surface area contributed by atoms with E-state index < -0.39 is 0 Å². The van der Waals surface area contributed by atoms with Crippen molar-refractivity contribution >= 4 is 22.5 Å². The van der Waals surface area contributed by atoms with Crippen molar-refractivity contribution in [2.24, 2.45) is 0 Å². The zero-order valence-corrected chi connectivity index (χ0v) is 11.2. The minimum atomic E-state index is -0.0413. The second-order valence-corrected chi connectivity index (χ2v) is 4.83. The molecule has 0 spiro atoms. The molecule has 100 valence electrons. The molecule has 2 heterocycles. The highest BCUT2D eigenvalue weighted by atomic mass is 16.1. The van der Waals surface area contributed by atoms with E-state index in [0.717, 1.165) is 16.5 Å². The summed E-state index contributed by atoms with van der Waals surface area (Å²) in [4.78, 5) is 19.2. The minimum Gasteiger partial charge on any atom is -0.361 e. The summed E-state index contributed by atoms with van der Waals surface area (Å²) in [6.07, 6.45) is 5.56. The fraction of sp³-hybridized carbons (Fsp3) is 0.125. The van der Waals surface area contributed by atoms with Crippen LogP contribution >= 0.6 is 0 Å². The van der Waals surface area contributed by atoms with Crippen LogP contribution in [-0.2, 0) is 11.2 Å². The zero-order valence-electron chi connectivity index (χ0n) is 11.2. The smallest absolute Gasteiger partial charge is 0.228 e. The predicted octanol–water partition coefficient (Wildman–Crippen LogP) is 3.05. The van der Waals surface area contributed by atoms with Gasteiger partial charge in [0.1, 0.15) is 0 Å². The number of amides is 1. The van der Waals surface area contributed by atoms with Crippen molar-refractivity contribution in [2.75, 3.05) is 5.32 Å². The molecule has 2 aromatic heterocycles. The van der Waals surface area contributed by atoms with Gasteiger partial charge in [0.15, 0.2) is 0 Å². The van der Waals surface area contributed by atoms with Gasteiger partial charge in [-0.1, -0.05) is 11.6 Å². The normalized spacial score (nSPS) is 10.7. The van der Waals surface area contributed by atoms with Gasteiger partial charge in [-0.3, -0.25) is 9.78 Å². The van der Waals surface area contributed by atoms with Crippen molar-refractivity contribution in [2.45, 2.75) is 13.3 Å². The van der Waals surface area contributed by atoms with E-state index in [2.05, 4.69) is 27.4 Å². The number of nitrogens with one attached hydrogen (secondary N) is 2. The van der Waals surface area contributed by atoms with Crippen LogP contribution in [0.5, 0.6) is 0 Å². The molecule has 0 atom stereocenters. The quantitative estimate of drug-likeness (QED) is 0.764. The van der Waals surface area contributed by atoms with Gasteiger partial charge in [0, 0.05) is 23.3 Å². The summed E-state index contributed by atoms with van der Waals surface area (Å²) >= 11 is 0. The average molecular weight is 265 g/mol. The molecule has 0 radical (unpaired) electrons. The molecule has 0 fully saturated rings. The van der Waals surface area contributed by atoms with E-state index in [9.17, 15) is 4.79 Å². The minimum absolute atomic E-state index is 0.0413. The number of aromatic nitrogens is 2. The van der Waals surface area contributed by atoms with E-state index >= 15 is 0 Å². The van der Waals surface area contributed by atoms with Crippen molar-refractivity contribution in [1.82, 2.24) is 9.97 Å². The van der Waals surface area contributed by atoms with Gasteiger partial charge in [0.2, 0.25) is 5.91 Å². The van der Waals surface area contributed by atoms with Crippen molar-refractivity contribution in [3.8, 4) is 0 Å². The first-order valence-electron chi connectivity index (χ1n) is 6.49. The number of rotatable bonds is 3. The van der Waals surface area contributed by atoms with Crippen LogP contribution in [0.25, 0.3) is 10.9 Å². The number of nitrogens with zero attached hydrogens (tertiary/aromatic N) is 1. The van der Waals surface area contributed by atoms with Gasteiger partial charge >= 0.3 is 0 Å². The fourth-order valence-electron chi connectivity index (χ4n) is 2.25. The Hall–Kier alpha value is -2.62. The number of anilines is 1. The van der Waals surface area contributed by atoms with Gasteiger partial charge in [0.05, 0.1) is 18.3 Å². The van der Waals surface area contributed by atoms with Gasteiger partial charge in [-0.05, 0) is 36.8 Å². The molecule has 3 rings (SSSR count). The van der Waals surface area contributed by atoms with E-state index in [4.69, 9.17) is 0 Å². The van der Waals surface area contributed by atoms with Crippen LogP contribution in [0.1, 0.15) is 11.1 Å². The lowest BCUT2D eigenvalue weighted by atomic mass is 10.1. The maximum atomic E-state index is 12.1. The Morgan fingerprint density at radius 3 is 3.05 bits per heavy atom. The highest BCUT2D eigenvalue weighted by molar-refractivity contribution is 5.95. The van der Waals surface area contributed by atoms with E-state index in [1.165, 1.54) is 5.56 Å². The molecule has 1 amide bonds. The molecular formula is C16H15N3O. The summed E-state index contributed by atoms with van der Waals surface area (Å²) in [6, 6.07) is 9.80. The van der Waals surface area contributed by atoms with Crippen LogP contribution in [0.15, 0.2) is 48.9 Å². The molecule has 0 aliphatic carbocycles. The Kier molecular flexibility index (Phi) is 3.21. The van der Waals surface area contributed by atoms with E-state index in [-0.39, 0.29) is 5.91 Å². The number of carbonyl (C=O) groups excluding carboxylic acids is 1. The monoisotopic (exact) mass is 265 g/mol. The first-order valence-corrected chi connectivity index (χ1v) is 6.49. The molecule has 0 aliphatic rings. The lowest BCUT2D eigenvalue weighted by Crippen LogP contribution is -2.14. The number of fused-ring (bicyclic) bond motifs is 1. The van der Waals surface area contributed by atoms with Crippen LogP contribution in [-0.4, -0.2) is 15.9 Å². The topological polar surface area (TPSA) is 57.8 Å². The summed E-state index contributed by atoms with van der Waals surface area (Å²) in [6.45, 7) is 2.05. The first-order chi connectivity index (χ1) is 9.72. The van der Waals surface area contributed by atoms with Crippen LogP contribution in [0.2, 0.25) is 0 Å². The molecule has 1 aromatic carbocycles. The summed E-state index contributed by atoms with van der Waals surface area (Å²) in [5.74, 6) is -0.0413. The summed E-state index contributed by atoms with van der Waals surface area (Å²) in [7, 11) is 0. The molecule has 0 saturated heterocycles. The molecule has 0 aliphatic heterocycles. The summed E-state index contributed by atoms with van der Waals surface area (Å²) in [5.41, 5.74) is 3.96. The molecule has 0 saturated carbocycles. The van der Waals surface area contributed by atoms with Crippen molar-refractivity contribution in [3.05, 3.63) is 60.0 Å². The first kappa shape index (κ1) is 12.4. The Balaban J connectivity index is 1.79. The SMILES string of the molecule is Cc1ccc2[nH]cc(CC(=O)Nc3cccnc3)c2c1. The Labute approximate surface area is 116 Å². The third-order valence-corrected chi connectivity index (χ3v) is 3.22. The van der Waals surface area contributed by atoms with Gasteiger partial charge in [-0.25, -0.2) is 0 Å². The van der Waals surface area contributed by atoms with E-state index in [0.29, 0.717) is 12.1 Å². The third kappa shape index (κ3) is 2.54. The molecule has 2 N–H and O–H groups in total. The number of hydrogen-bond acceptors (Lipinski definition) is 2. The number of carbonyl (C=O) groups is 1. The highest BCUT2D eigenvalue weighted by Crippen LogP contribution is 2.20. The molecule has 0 unspecified atom stereocenters. The Morgan fingerprint density at radius 2 is 2.25 bits per heavy atom. The number of benzene rings is 1. The molecule has 4 nitrogen and oxygen atoms in total. The van der Waals surface area contributed by atoms with Gasteiger partial charge in [-0.15, -0.1) is 0 Å². The van der Waals surface area contributed by atoms with Gasteiger partial charge in [-0.2, -0.15) is 0 Å². The van der Waals surface area contributed by atoms with Crippen LogP contribution in [0, 0.1) is 6.92 Å². The fourth-order valence-corrected chi connectivity index (χ4v) is 2.25. The number of H-pyrrole nitrogens is 1. The molecular weight excluding hydrogens is 250 g/mol. The zero-order chi connectivity index (χ0) is 13.9. The largest absolute Gasteiger partial charge is 0.361 e. The van der Waals surface area contributed by atoms with E-state index in [1.807, 2.05) is 25.3 Å².